The van der Waals surface area contributed by atoms with Crippen LogP contribution in [0.3, 0.4) is 0 Å². The monoisotopic (exact) mass is 265 g/mol. The van der Waals surface area contributed by atoms with Gasteiger partial charge >= 0.3 is 0 Å². The van der Waals surface area contributed by atoms with Gasteiger partial charge in [-0.1, -0.05) is 0 Å². The highest BCUT2D eigenvalue weighted by atomic mass is 32.1. The van der Waals surface area contributed by atoms with Crippen molar-refractivity contribution >= 4 is 27.2 Å². The first-order valence-corrected chi connectivity index (χ1v) is 7.01. The van der Waals surface area contributed by atoms with Crippen LogP contribution in [0.1, 0.15) is 6.42 Å². The molecule has 0 radical (unpaired) electrons. The minimum absolute atomic E-state index is 0.698. The highest BCUT2D eigenvalue weighted by Crippen LogP contribution is 2.28. The van der Waals surface area contributed by atoms with Gasteiger partial charge in [0.15, 0.2) is 0 Å². The summed E-state index contributed by atoms with van der Waals surface area (Å²) in [5, 5.41) is 3.32. The molecular formula is C13H19N3OS. The van der Waals surface area contributed by atoms with Crippen LogP contribution < -0.4 is 10.6 Å². The number of nitrogens with two attached hydrogens (primary N) is 1. The molecule has 4 nitrogen and oxygen atoms in total. The van der Waals surface area contributed by atoms with E-state index in [1.165, 1.54) is 10.1 Å². The molecule has 0 bridgehead atoms. The molecule has 0 aliphatic rings. The van der Waals surface area contributed by atoms with Crippen molar-refractivity contribution in [2.75, 3.05) is 38.3 Å². The molecule has 0 unspecified atom stereocenters. The Bertz CT molecular complexity index is 478. The molecule has 2 N–H and O–H groups in total. The van der Waals surface area contributed by atoms with Gasteiger partial charge < -0.3 is 15.4 Å². The first-order chi connectivity index (χ1) is 8.86. The van der Waals surface area contributed by atoms with Gasteiger partial charge in [-0.3, -0.25) is 0 Å². The lowest BCUT2D eigenvalue weighted by Gasteiger charge is -2.23. The van der Waals surface area contributed by atoms with Crippen molar-refractivity contribution in [1.29, 1.82) is 0 Å². The van der Waals surface area contributed by atoms with Crippen LogP contribution in [-0.4, -0.2) is 38.3 Å². The van der Waals surface area contributed by atoms with Gasteiger partial charge in [-0.25, -0.2) is 4.98 Å². The van der Waals surface area contributed by atoms with E-state index < -0.39 is 0 Å². The summed E-state index contributed by atoms with van der Waals surface area (Å²) in [6.45, 7) is 3.16. The number of hydrogen-bond acceptors (Lipinski definition) is 5. The third-order valence-corrected chi connectivity index (χ3v) is 3.74. The molecule has 0 aliphatic heterocycles. The Balaban J connectivity index is 2.24. The minimum Gasteiger partial charge on any atom is -0.383 e. The fourth-order valence-electron chi connectivity index (χ4n) is 1.94. The number of hydrogen-bond donors (Lipinski definition) is 1. The number of methoxy groups -OCH3 is 1. The van der Waals surface area contributed by atoms with E-state index >= 15 is 0 Å². The third kappa shape index (κ3) is 2.98. The van der Waals surface area contributed by atoms with Crippen molar-refractivity contribution in [2.24, 2.45) is 5.73 Å². The second-order valence-electron chi connectivity index (χ2n) is 4.09. The van der Waals surface area contributed by atoms with Crippen molar-refractivity contribution < 1.29 is 4.74 Å². The normalized spacial score (nSPS) is 11.0. The van der Waals surface area contributed by atoms with Crippen molar-refractivity contribution in [1.82, 2.24) is 4.98 Å². The maximum absolute atomic E-state index is 5.60. The summed E-state index contributed by atoms with van der Waals surface area (Å²) >= 11 is 1.74. The molecule has 0 atom stereocenters. The zero-order chi connectivity index (χ0) is 12.8. The fourth-order valence-corrected chi connectivity index (χ4v) is 2.72. The van der Waals surface area contributed by atoms with Gasteiger partial charge in [0.2, 0.25) is 0 Å². The van der Waals surface area contributed by atoms with Crippen LogP contribution in [-0.2, 0) is 4.74 Å². The summed E-state index contributed by atoms with van der Waals surface area (Å²) in [4.78, 5) is 6.78. The van der Waals surface area contributed by atoms with Crippen LogP contribution in [0.25, 0.3) is 10.1 Å². The molecule has 0 fully saturated rings. The number of pyridine rings is 1. The van der Waals surface area contributed by atoms with Crippen LogP contribution in [0, 0.1) is 0 Å². The van der Waals surface area contributed by atoms with E-state index in [2.05, 4.69) is 27.4 Å². The first-order valence-electron chi connectivity index (χ1n) is 6.13. The maximum atomic E-state index is 5.60. The van der Waals surface area contributed by atoms with Gasteiger partial charge in [0.1, 0.15) is 5.82 Å². The van der Waals surface area contributed by atoms with Gasteiger partial charge in [0.05, 0.1) is 6.61 Å². The third-order valence-electron chi connectivity index (χ3n) is 2.86. The van der Waals surface area contributed by atoms with Crippen LogP contribution in [0.5, 0.6) is 0 Å². The number of anilines is 1. The highest BCUT2D eigenvalue weighted by Gasteiger charge is 2.11. The second-order valence-corrected chi connectivity index (χ2v) is 5.04. The lowest BCUT2D eigenvalue weighted by atomic mass is 10.2. The predicted molar refractivity (Wildman–Crippen MR) is 77.4 cm³/mol. The van der Waals surface area contributed by atoms with Gasteiger partial charge in [-0.15, -0.1) is 11.3 Å². The Morgan fingerprint density at radius 3 is 3.06 bits per heavy atom. The van der Waals surface area contributed by atoms with Crippen molar-refractivity contribution in [2.45, 2.75) is 6.42 Å². The lowest BCUT2D eigenvalue weighted by Crippen LogP contribution is -2.30. The first kappa shape index (κ1) is 13.3. The van der Waals surface area contributed by atoms with Crippen molar-refractivity contribution in [3.63, 3.8) is 0 Å². The van der Waals surface area contributed by atoms with E-state index in [4.69, 9.17) is 10.5 Å². The number of thiophene rings is 1. The second kappa shape index (κ2) is 6.68. The van der Waals surface area contributed by atoms with Crippen LogP contribution >= 0.6 is 11.3 Å². The number of rotatable bonds is 7. The smallest absolute Gasteiger partial charge is 0.137 e. The van der Waals surface area contributed by atoms with Crippen LogP contribution in [0.2, 0.25) is 0 Å². The molecule has 2 aromatic heterocycles. The van der Waals surface area contributed by atoms with Gasteiger partial charge in [-0.05, 0) is 30.5 Å². The molecule has 2 aromatic rings. The molecule has 0 saturated carbocycles. The topological polar surface area (TPSA) is 51.4 Å². The number of aromatic nitrogens is 1. The molecule has 2 rings (SSSR count). The summed E-state index contributed by atoms with van der Waals surface area (Å²) in [5.41, 5.74) is 5.60. The number of ether oxygens (including phenoxy) is 1. The summed E-state index contributed by atoms with van der Waals surface area (Å²) in [5.74, 6) is 1.04. The quantitative estimate of drug-likeness (QED) is 0.833. The molecule has 0 amide bonds. The molecule has 2 heterocycles. The van der Waals surface area contributed by atoms with E-state index in [1.807, 2.05) is 6.20 Å². The van der Waals surface area contributed by atoms with Crippen LogP contribution in [0.15, 0.2) is 23.7 Å². The average molecular weight is 265 g/mol. The summed E-state index contributed by atoms with van der Waals surface area (Å²) in [6.07, 6.45) is 2.84. The summed E-state index contributed by atoms with van der Waals surface area (Å²) in [7, 11) is 1.72. The highest BCUT2D eigenvalue weighted by molar-refractivity contribution is 7.17. The molecule has 18 heavy (non-hydrogen) atoms. The average Bonchev–Trinajstić information content (AvgIpc) is 2.87. The SMILES string of the molecule is COCCN(CCCN)c1nccc2sccc12. The van der Waals surface area contributed by atoms with Gasteiger partial charge in [-0.2, -0.15) is 0 Å². The zero-order valence-electron chi connectivity index (χ0n) is 10.6. The molecule has 0 aliphatic carbocycles. The molecule has 0 spiro atoms. The van der Waals surface area contributed by atoms with Crippen LogP contribution in [0.4, 0.5) is 5.82 Å². The molecule has 0 saturated heterocycles. The van der Waals surface area contributed by atoms with E-state index in [0.717, 1.165) is 25.3 Å². The molecule has 98 valence electrons. The standard InChI is InChI=1S/C13H19N3OS/c1-17-9-8-16(7-2-5-14)13-11-4-10-18-12(11)3-6-15-13/h3-4,6,10H,2,5,7-9,14H2,1H3. The fraction of sp³-hybridized carbons (Fsp3) is 0.462. The summed E-state index contributed by atoms with van der Waals surface area (Å²) in [6, 6.07) is 4.19. The predicted octanol–water partition coefficient (Wildman–Crippen LogP) is 2.10. The zero-order valence-corrected chi connectivity index (χ0v) is 11.4. The van der Waals surface area contributed by atoms with Gasteiger partial charge in [0, 0.05) is 36.5 Å². The van der Waals surface area contributed by atoms with E-state index in [-0.39, 0.29) is 0 Å². The number of fused-ring (bicyclic) bond motifs is 1. The van der Waals surface area contributed by atoms with E-state index in [1.54, 1.807) is 18.4 Å². The van der Waals surface area contributed by atoms with E-state index in [0.29, 0.717) is 13.2 Å². The summed E-state index contributed by atoms with van der Waals surface area (Å²) < 4.78 is 6.44. The molecule has 5 heteroatoms. The number of nitrogens with zero attached hydrogens (tertiary/aromatic N) is 2. The molecular weight excluding hydrogens is 246 g/mol. The minimum atomic E-state index is 0.698. The maximum Gasteiger partial charge on any atom is 0.137 e. The Labute approximate surface area is 111 Å². The lowest BCUT2D eigenvalue weighted by molar-refractivity contribution is 0.205. The largest absolute Gasteiger partial charge is 0.383 e. The van der Waals surface area contributed by atoms with Crippen molar-refractivity contribution in [3.8, 4) is 0 Å². The Morgan fingerprint density at radius 2 is 2.28 bits per heavy atom. The Hall–Kier alpha value is -1.17. The molecule has 0 aromatic carbocycles. The van der Waals surface area contributed by atoms with E-state index in [9.17, 15) is 0 Å². The Morgan fingerprint density at radius 1 is 1.39 bits per heavy atom. The Kier molecular flexibility index (Phi) is 4.92. The van der Waals surface area contributed by atoms with Crippen molar-refractivity contribution in [3.05, 3.63) is 23.7 Å². The van der Waals surface area contributed by atoms with Gasteiger partial charge in [0.25, 0.3) is 0 Å².